The Hall–Kier alpha value is -3.39. The van der Waals surface area contributed by atoms with Gasteiger partial charge in [-0.25, -0.2) is 4.39 Å². The molecule has 15 heteroatoms. The number of pyridine rings is 1. The van der Waals surface area contributed by atoms with Gasteiger partial charge in [0.2, 0.25) is 0 Å². The molecule has 2 N–H and O–H groups in total. The van der Waals surface area contributed by atoms with E-state index >= 15 is 4.39 Å². The standard InChI is InChI=1S/C27H20Cl2F4N6O2S/c28-18-5-15(40)4-16(21(18)27(31,32)33)23-22(30)24-17(6-34-23)25(39-8-13-1-2-14(9-39)35-13)37-26(36-24)41-11-12-3-20-38(7-12)10-19(29)42-20/h3-7,10,13-14,35,40H,1-2,8-9,11H2/t13-,14+. The van der Waals surface area contributed by atoms with Gasteiger partial charge in [0, 0.05) is 54.9 Å². The molecule has 0 radical (unpaired) electrons. The largest absolute Gasteiger partial charge is 0.508 e. The molecule has 2 saturated heterocycles. The van der Waals surface area contributed by atoms with Crippen molar-refractivity contribution in [2.45, 2.75) is 37.7 Å². The summed E-state index contributed by atoms with van der Waals surface area (Å²) in [6, 6.07) is 3.72. The van der Waals surface area contributed by atoms with Crippen molar-refractivity contribution in [1.82, 2.24) is 24.7 Å². The Morgan fingerprint density at radius 2 is 1.86 bits per heavy atom. The molecule has 2 bridgehead atoms. The summed E-state index contributed by atoms with van der Waals surface area (Å²) in [6.07, 6.45) is 1.88. The minimum Gasteiger partial charge on any atom is -0.508 e. The van der Waals surface area contributed by atoms with Gasteiger partial charge in [0.15, 0.2) is 5.82 Å². The summed E-state index contributed by atoms with van der Waals surface area (Å²) in [6.45, 7) is 1.26. The highest BCUT2D eigenvalue weighted by molar-refractivity contribution is 7.21. The van der Waals surface area contributed by atoms with E-state index in [9.17, 15) is 18.3 Å². The van der Waals surface area contributed by atoms with E-state index in [2.05, 4.69) is 20.3 Å². The number of benzene rings is 1. The second kappa shape index (κ2) is 10.1. The lowest BCUT2D eigenvalue weighted by Gasteiger charge is -2.34. The molecular formula is C27H20Cl2F4N6O2S. The summed E-state index contributed by atoms with van der Waals surface area (Å²) in [4.78, 5) is 15.9. The molecule has 8 nitrogen and oxygen atoms in total. The van der Waals surface area contributed by atoms with Gasteiger partial charge in [-0.2, -0.15) is 23.1 Å². The zero-order valence-electron chi connectivity index (χ0n) is 21.4. The number of nitrogens with zero attached hydrogens (tertiary/aromatic N) is 5. The highest BCUT2D eigenvalue weighted by Crippen LogP contribution is 2.44. The number of hydrogen-bond donors (Lipinski definition) is 2. The quantitative estimate of drug-likeness (QED) is 0.207. The highest BCUT2D eigenvalue weighted by atomic mass is 35.5. The number of alkyl halides is 3. The summed E-state index contributed by atoms with van der Waals surface area (Å²) >= 11 is 13.3. The maximum absolute atomic E-state index is 16.2. The highest BCUT2D eigenvalue weighted by Gasteiger charge is 2.39. The lowest BCUT2D eigenvalue weighted by atomic mass is 10.0. The van der Waals surface area contributed by atoms with E-state index in [0.717, 1.165) is 35.4 Å². The molecule has 7 rings (SSSR count). The first-order chi connectivity index (χ1) is 20.0. The van der Waals surface area contributed by atoms with E-state index in [1.54, 1.807) is 6.20 Å². The molecule has 4 aromatic heterocycles. The van der Waals surface area contributed by atoms with Gasteiger partial charge in [-0.1, -0.05) is 23.2 Å². The van der Waals surface area contributed by atoms with Crippen molar-refractivity contribution in [1.29, 1.82) is 0 Å². The Kier molecular flexibility index (Phi) is 6.61. The zero-order chi connectivity index (χ0) is 29.3. The number of aromatic hydroxyl groups is 1. The fourth-order valence-corrected chi connectivity index (χ4v) is 7.16. The fourth-order valence-electron chi connectivity index (χ4n) is 5.71. The lowest BCUT2D eigenvalue weighted by Crippen LogP contribution is -2.51. The molecule has 2 aliphatic heterocycles. The molecular weight excluding hydrogens is 619 g/mol. The van der Waals surface area contributed by atoms with Crippen LogP contribution in [-0.4, -0.2) is 49.6 Å². The number of rotatable bonds is 5. The van der Waals surface area contributed by atoms with Crippen molar-refractivity contribution in [2.75, 3.05) is 18.0 Å². The number of phenolic OH excluding ortho intramolecular Hbond substituents is 1. The van der Waals surface area contributed by atoms with Crippen LogP contribution in [0.1, 0.15) is 24.0 Å². The van der Waals surface area contributed by atoms with Gasteiger partial charge in [-0.05, 0) is 31.0 Å². The molecule has 2 aliphatic rings. The smallest absolute Gasteiger partial charge is 0.418 e. The number of phenols is 1. The summed E-state index contributed by atoms with van der Waals surface area (Å²) in [7, 11) is 0. The number of halogens is 6. The number of piperazine rings is 1. The van der Waals surface area contributed by atoms with Gasteiger partial charge in [-0.3, -0.25) is 4.98 Å². The monoisotopic (exact) mass is 638 g/mol. The Morgan fingerprint density at radius 3 is 2.57 bits per heavy atom. The molecule has 42 heavy (non-hydrogen) atoms. The number of thiazole rings is 1. The molecule has 0 amide bonds. The van der Waals surface area contributed by atoms with Crippen LogP contribution < -0.4 is 15.0 Å². The topological polar surface area (TPSA) is 87.8 Å². The summed E-state index contributed by atoms with van der Waals surface area (Å²) < 4.78 is 66.6. The van der Waals surface area contributed by atoms with Crippen molar-refractivity contribution in [3.05, 3.63) is 63.1 Å². The first kappa shape index (κ1) is 27.4. The van der Waals surface area contributed by atoms with Crippen LogP contribution in [0.4, 0.5) is 23.4 Å². The first-order valence-corrected chi connectivity index (χ1v) is 14.5. The first-order valence-electron chi connectivity index (χ1n) is 12.9. The fraction of sp³-hybridized carbons (Fsp3) is 0.296. The maximum atomic E-state index is 16.2. The number of anilines is 1. The normalized spacial score (nSPS) is 18.9. The molecule has 0 saturated carbocycles. The van der Waals surface area contributed by atoms with Crippen LogP contribution in [0, 0.1) is 5.82 Å². The molecule has 2 atom stereocenters. The van der Waals surface area contributed by atoms with Crippen LogP contribution in [-0.2, 0) is 12.8 Å². The second-order valence-electron chi connectivity index (χ2n) is 10.3. The van der Waals surface area contributed by atoms with Crippen molar-refractivity contribution < 1.29 is 27.4 Å². The summed E-state index contributed by atoms with van der Waals surface area (Å²) in [5, 5.41) is 13.0. The zero-order valence-corrected chi connectivity index (χ0v) is 23.8. The minimum atomic E-state index is -4.94. The van der Waals surface area contributed by atoms with Gasteiger partial charge in [0.1, 0.15) is 38.6 Å². The Bertz CT molecular complexity index is 1820. The van der Waals surface area contributed by atoms with E-state index in [1.807, 2.05) is 21.6 Å². The van der Waals surface area contributed by atoms with Crippen LogP contribution in [0.15, 0.2) is 36.8 Å². The molecule has 218 valence electrons. The molecule has 2 fully saturated rings. The number of ether oxygens (including phenoxy) is 1. The SMILES string of the molecule is Oc1cc(Cl)c(C(F)(F)F)c(-c2ncc3c(N4C[C@H]5CC[C@@H](C4)N5)nc(OCc4cc5sc(Cl)cn5c4)nc3c2F)c1. The van der Waals surface area contributed by atoms with Gasteiger partial charge in [0.25, 0.3) is 0 Å². The maximum Gasteiger partial charge on any atom is 0.418 e. The molecule has 1 aromatic carbocycles. The number of aromatic nitrogens is 4. The average Bonchev–Trinajstić information content (AvgIpc) is 3.57. The predicted octanol–water partition coefficient (Wildman–Crippen LogP) is 6.70. The van der Waals surface area contributed by atoms with Crippen molar-refractivity contribution in [3.63, 3.8) is 0 Å². The third-order valence-electron chi connectivity index (χ3n) is 7.45. The molecule has 0 unspecified atom stereocenters. The van der Waals surface area contributed by atoms with E-state index < -0.39 is 39.6 Å². The Balaban J connectivity index is 1.35. The van der Waals surface area contributed by atoms with Gasteiger partial charge >= 0.3 is 12.2 Å². The molecule has 0 aliphatic carbocycles. The van der Waals surface area contributed by atoms with E-state index in [4.69, 9.17) is 27.9 Å². The minimum absolute atomic E-state index is 0.0592. The van der Waals surface area contributed by atoms with Gasteiger partial charge in [-0.15, -0.1) is 11.3 Å². The molecule has 5 aromatic rings. The van der Waals surface area contributed by atoms with Crippen LogP contribution in [0.2, 0.25) is 9.36 Å². The molecule has 0 spiro atoms. The third-order valence-corrected chi connectivity index (χ3v) is 8.92. The molecule has 6 heterocycles. The van der Waals surface area contributed by atoms with Gasteiger partial charge < -0.3 is 24.5 Å². The second-order valence-corrected chi connectivity index (χ2v) is 12.4. The Morgan fingerprint density at radius 1 is 1.10 bits per heavy atom. The number of fused-ring (bicyclic) bond motifs is 4. The van der Waals surface area contributed by atoms with Crippen LogP contribution in [0.3, 0.4) is 0 Å². The van der Waals surface area contributed by atoms with Crippen molar-refractivity contribution in [2.24, 2.45) is 0 Å². The van der Waals surface area contributed by atoms with E-state index in [1.165, 1.54) is 17.5 Å². The van der Waals surface area contributed by atoms with Crippen LogP contribution in [0.25, 0.3) is 27.0 Å². The van der Waals surface area contributed by atoms with E-state index in [-0.39, 0.29) is 35.6 Å². The third kappa shape index (κ3) is 4.87. The van der Waals surface area contributed by atoms with Crippen molar-refractivity contribution in [3.8, 4) is 23.0 Å². The van der Waals surface area contributed by atoms with Gasteiger partial charge in [0.05, 0.1) is 16.0 Å². The van der Waals surface area contributed by atoms with Crippen LogP contribution >= 0.6 is 34.5 Å². The summed E-state index contributed by atoms with van der Waals surface area (Å²) in [5.41, 5.74) is -2.15. The predicted molar refractivity (Wildman–Crippen MR) is 151 cm³/mol. The van der Waals surface area contributed by atoms with Crippen molar-refractivity contribution >= 4 is 56.1 Å². The number of nitrogens with one attached hydrogen (secondary N) is 1. The Labute approximate surface area is 249 Å². The summed E-state index contributed by atoms with van der Waals surface area (Å²) in [5.74, 6) is -1.31. The van der Waals surface area contributed by atoms with E-state index in [0.29, 0.717) is 23.2 Å². The lowest BCUT2D eigenvalue weighted by molar-refractivity contribution is -0.137. The average molecular weight is 639 g/mol. The van der Waals surface area contributed by atoms with Crippen LogP contribution in [0.5, 0.6) is 11.8 Å². The number of hydrogen-bond acceptors (Lipinski definition) is 8.